The summed E-state index contributed by atoms with van der Waals surface area (Å²) in [5.41, 5.74) is 3.58. The smallest absolute Gasteiger partial charge is 0.548 e. The molecule has 0 rings (SSSR count). The Kier molecular flexibility index (Phi) is 9.39. The Balaban J connectivity index is 0. The molecule has 0 radical (unpaired) electrons. The van der Waals surface area contributed by atoms with Gasteiger partial charge in [0, 0.05) is 13.1 Å². The van der Waals surface area contributed by atoms with Crippen LogP contribution in [0, 0.1) is 5.92 Å². The fourth-order valence-electron chi connectivity index (χ4n) is 1.92. The molecular formula is C12H24LiN3O3. The first-order valence-electron chi connectivity index (χ1n) is 6.02. The molecule has 0 unspecified atom stereocenters. The molecule has 106 valence electrons. The number of carbonyl (C=O) groups excluding carboxylic acids is 2. The molecule has 0 bridgehead atoms. The molecule has 7 heteroatoms. The molecule has 0 saturated heterocycles. The molecule has 0 fully saturated rings. The minimum atomic E-state index is -1.73. The van der Waals surface area contributed by atoms with E-state index in [-0.39, 0.29) is 31.2 Å². The number of carbonyl (C=O) groups is 2. The van der Waals surface area contributed by atoms with Crippen LogP contribution in [0.25, 0.3) is 0 Å². The number of primary amides is 1. The van der Waals surface area contributed by atoms with Crippen molar-refractivity contribution in [3.05, 3.63) is 0 Å². The van der Waals surface area contributed by atoms with Gasteiger partial charge in [-0.25, -0.2) is 0 Å². The Labute approximate surface area is 127 Å². The second-order valence-electron chi connectivity index (χ2n) is 5.33. The minimum Gasteiger partial charge on any atom is -0.548 e. The summed E-state index contributed by atoms with van der Waals surface area (Å²) in [6, 6.07) is 0. The topological polar surface area (TPSA) is 89.7 Å². The maximum atomic E-state index is 11.6. The van der Waals surface area contributed by atoms with E-state index in [1.54, 1.807) is 7.05 Å². The molecule has 1 atom stereocenters. The summed E-state index contributed by atoms with van der Waals surface area (Å²) in [5.74, 6) is -2.26. The maximum Gasteiger partial charge on any atom is 1.00 e. The molecular weight excluding hydrogens is 241 g/mol. The van der Waals surface area contributed by atoms with Crippen LogP contribution >= 0.6 is 0 Å². The summed E-state index contributed by atoms with van der Waals surface area (Å²) in [7, 11) is 5.34. The van der Waals surface area contributed by atoms with Gasteiger partial charge in [-0.2, -0.15) is 0 Å². The van der Waals surface area contributed by atoms with E-state index in [0.29, 0.717) is 13.1 Å². The number of amides is 1. The average molecular weight is 265 g/mol. The van der Waals surface area contributed by atoms with E-state index in [2.05, 4.69) is 0 Å². The predicted octanol–water partition coefficient (Wildman–Crippen LogP) is -4.50. The normalized spacial score (nSPS) is 14.3. The van der Waals surface area contributed by atoms with Crippen molar-refractivity contribution in [2.45, 2.75) is 25.8 Å². The van der Waals surface area contributed by atoms with Crippen molar-refractivity contribution in [1.29, 1.82) is 0 Å². The van der Waals surface area contributed by atoms with Gasteiger partial charge in [-0.3, -0.25) is 9.69 Å². The molecule has 0 aromatic rings. The van der Waals surface area contributed by atoms with Gasteiger partial charge < -0.3 is 20.5 Å². The second kappa shape index (κ2) is 8.59. The van der Waals surface area contributed by atoms with Gasteiger partial charge in [0.05, 0.1) is 5.97 Å². The van der Waals surface area contributed by atoms with Crippen molar-refractivity contribution in [2.24, 2.45) is 11.7 Å². The number of hydrogen-bond acceptors (Lipinski definition) is 5. The van der Waals surface area contributed by atoms with E-state index in [0.717, 1.165) is 0 Å². The molecule has 0 spiro atoms. The summed E-state index contributed by atoms with van der Waals surface area (Å²) in [6.07, 6.45) is 0.147. The standard InChI is InChI=1S/C12H25N3O3.Li/c1-9(2)8-12(10(13)16,11(17)18)15(5)7-6-14(3)4;/h9H,6-8H2,1-5H3,(H2,13,16)(H,17,18);/q;+1/p-1/t12-;/m1./s1. The fraction of sp³-hybridized carbons (Fsp3) is 0.833. The Hall–Kier alpha value is -0.543. The van der Waals surface area contributed by atoms with Gasteiger partial charge in [-0.1, -0.05) is 13.8 Å². The van der Waals surface area contributed by atoms with E-state index < -0.39 is 17.4 Å². The van der Waals surface area contributed by atoms with E-state index in [1.807, 2.05) is 32.8 Å². The van der Waals surface area contributed by atoms with Gasteiger partial charge in [-0.05, 0) is 33.5 Å². The van der Waals surface area contributed by atoms with Gasteiger partial charge in [0.15, 0.2) is 0 Å². The first-order chi connectivity index (χ1) is 8.14. The molecule has 1 amide bonds. The number of rotatable bonds is 8. The molecule has 0 aliphatic carbocycles. The quantitative estimate of drug-likeness (QED) is 0.353. The van der Waals surface area contributed by atoms with Crippen LogP contribution in [0.4, 0.5) is 0 Å². The van der Waals surface area contributed by atoms with Crippen LogP contribution in [0.5, 0.6) is 0 Å². The summed E-state index contributed by atoms with van der Waals surface area (Å²) >= 11 is 0. The van der Waals surface area contributed by atoms with Gasteiger partial charge in [0.25, 0.3) is 0 Å². The Bertz CT molecular complexity index is 295. The predicted molar refractivity (Wildman–Crippen MR) is 67.6 cm³/mol. The minimum absolute atomic E-state index is 0. The second-order valence-corrected chi connectivity index (χ2v) is 5.33. The van der Waals surface area contributed by atoms with E-state index >= 15 is 0 Å². The number of carboxylic acid groups (broad SMARTS) is 1. The number of hydrogen-bond donors (Lipinski definition) is 1. The molecule has 0 aromatic carbocycles. The van der Waals surface area contributed by atoms with Crippen molar-refractivity contribution >= 4 is 11.9 Å². The first kappa shape index (κ1) is 20.8. The molecule has 0 aliphatic rings. The van der Waals surface area contributed by atoms with Crippen molar-refractivity contribution in [2.75, 3.05) is 34.2 Å². The van der Waals surface area contributed by atoms with Crippen molar-refractivity contribution < 1.29 is 33.6 Å². The van der Waals surface area contributed by atoms with E-state index in [9.17, 15) is 14.7 Å². The fourth-order valence-corrected chi connectivity index (χ4v) is 1.92. The third-order valence-electron chi connectivity index (χ3n) is 2.98. The van der Waals surface area contributed by atoms with Gasteiger partial charge in [0.1, 0.15) is 5.54 Å². The van der Waals surface area contributed by atoms with Crippen molar-refractivity contribution in [3.8, 4) is 0 Å². The molecule has 6 nitrogen and oxygen atoms in total. The van der Waals surface area contributed by atoms with Crippen LogP contribution in [0.2, 0.25) is 0 Å². The van der Waals surface area contributed by atoms with Gasteiger partial charge in [-0.15, -0.1) is 0 Å². The van der Waals surface area contributed by atoms with Crippen LogP contribution < -0.4 is 29.7 Å². The van der Waals surface area contributed by atoms with Crippen LogP contribution in [0.1, 0.15) is 20.3 Å². The summed E-state index contributed by atoms with van der Waals surface area (Å²) in [4.78, 5) is 26.4. The monoisotopic (exact) mass is 265 g/mol. The number of carboxylic acids is 1. The Morgan fingerprint density at radius 2 is 1.68 bits per heavy atom. The van der Waals surface area contributed by atoms with Crippen LogP contribution in [0.15, 0.2) is 0 Å². The third-order valence-corrected chi connectivity index (χ3v) is 2.98. The summed E-state index contributed by atoms with van der Waals surface area (Å²) in [6.45, 7) is 4.76. The number of likely N-dealkylation sites (N-methyl/N-ethyl adjacent to an activating group) is 2. The summed E-state index contributed by atoms with van der Waals surface area (Å²) in [5, 5.41) is 11.4. The zero-order valence-corrected chi connectivity index (χ0v) is 12.9. The van der Waals surface area contributed by atoms with Gasteiger partial charge >= 0.3 is 18.9 Å². The van der Waals surface area contributed by atoms with Crippen molar-refractivity contribution in [3.63, 3.8) is 0 Å². The Morgan fingerprint density at radius 1 is 1.21 bits per heavy atom. The zero-order valence-electron chi connectivity index (χ0n) is 12.9. The maximum absolute atomic E-state index is 11.6. The molecule has 19 heavy (non-hydrogen) atoms. The number of nitrogens with two attached hydrogens (primary N) is 1. The van der Waals surface area contributed by atoms with E-state index in [1.165, 1.54) is 4.90 Å². The zero-order chi connectivity index (χ0) is 14.5. The van der Waals surface area contributed by atoms with Gasteiger partial charge in [0.2, 0.25) is 5.91 Å². The molecule has 0 saturated carbocycles. The SMILES string of the molecule is CC(C)C[C@@](C(N)=O)(C(=O)[O-])N(C)CCN(C)C.[Li+]. The number of nitrogens with zero attached hydrogens (tertiary/aromatic N) is 2. The average Bonchev–Trinajstić information content (AvgIpc) is 2.20. The largest absolute Gasteiger partial charge is 1.00 e. The first-order valence-corrected chi connectivity index (χ1v) is 6.02. The molecule has 0 heterocycles. The van der Waals surface area contributed by atoms with Crippen LogP contribution in [-0.4, -0.2) is 61.4 Å². The third kappa shape index (κ3) is 5.53. The van der Waals surface area contributed by atoms with E-state index in [4.69, 9.17) is 5.73 Å². The Morgan fingerprint density at radius 3 is 1.95 bits per heavy atom. The van der Waals surface area contributed by atoms with Crippen LogP contribution in [0.3, 0.4) is 0 Å². The van der Waals surface area contributed by atoms with Crippen LogP contribution in [-0.2, 0) is 9.59 Å². The molecule has 0 aliphatic heterocycles. The molecule has 0 aromatic heterocycles. The number of aliphatic carboxylic acids is 1. The summed E-state index contributed by atoms with van der Waals surface area (Å²) < 4.78 is 0. The molecule has 2 N–H and O–H groups in total. The van der Waals surface area contributed by atoms with Crippen molar-refractivity contribution in [1.82, 2.24) is 9.80 Å².